The number of rotatable bonds is 2. The SMILES string of the molecule is O=[N+]([O-])c1cc(Cl)c2ccncc2c1-c1ccco1. The smallest absolute Gasteiger partial charge is 0.282 e. The van der Waals surface area contributed by atoms with Crippen LogP contribution in [0.15, 0.2) is 47.3 Å². The highest BCUT2D eigenvalue weighted by Crippen LogP contribution is 2.40. The van der Waals surface area contributed by atoms with Crippen LogP contribution in [0.25, 0.3) is 22.1 Å². The second-order valence-electron chi connectivity index (χ2n) is 3.91. The van der Waals surface area contributed by atoms with Gasteiger partial charge in [-0.25, -0.2) is 0 Å². The quantitative estimate of drug-likeness (QED) is 0.522. The van der Waals surface area contributed by atoms with Crippen LogP contribution in [-0.2, 0) is 0 Å². The van der Waals surface area contributed by atoms with Gasteiger partial charge in [0.25, 0.3) is 5.69 Å². The van der Waals surface area contributed by atoms with Crippen LogP contribution in [0.4, 0.5) is 5.69 Å². The van der Waals surface area contributed by atoms with E-state index >= 15 is 0 Å². The maximum absolute atomic E-state index is 11.2. The molecule has 0 radical (unpaired) electrons. The first kappa shape index (κ1) is 11.7. The van der Waals surface area contributed by atoms with Gasteiger partial charge in [-0.1, -0.05) is 11.6 Å². The molecule has 2 aromatic heterocycles. The predicted octanol–water partition coefficient (Wildman–Crippen LogP) is 4.06. The fraction of sp³-hybridized carbons (Fsp3) is 0. The lowest BCUT2D eigenvalue weighted by Crippen LogP contribution is -1.93. The van der Waals surface area contributed by atoms with Gasteiger partial charge in [-0.2, -0.15) is 0 Å². The number of fused-ring (bicyclic) bond motifs is 1. The Morgan fingerprint density at radius 2 is 2.16 bits per heavy atom. The molecule has 0 atom stereocenters. The summed E-state index contributed by atoms with van der Waals surface area (Å²) < 4.78 is 5.28. The molecule has 0 saturated heterocycles. The standard InChI is InChI=1S/C13H7ClN2O3/c14-10-6-11(16(17)18)13(12-2-1-5-19-12)9-7-15-4-3-8(9)10/h1-7H. The zero-order valence-electron chi connectivity index (χ0n) is 9.54. The molecule has 0 N–H and O–H groups in total. The van der Waals surface area contributed by atoms with Crippen molar-refractivity contribution in [3.05, 3.63) is 58.1 Å². The molecule has 19 heavy (non-hydrogen) atoms. The molecule has 0 bridgehead atoms. The Hall–Kier alpha value is -2.40. The molecule has 0 fully saturated rings. The Bertz CT molecular complexity index is 769. The van der Waals surface area contributed by atoms with E-state index in [1.807, 2.05) is 0 Å². The van der Waals surface area contributed by atoms with Crippen molar-refractivity contribution in [3.8, 4) is 11.3 Å². The minimum Gasteiger partial charge on any atom is -0.464 e. The monoisotopic (exact) mass is 274 g/mol. The van der Waals surface area contributed by atoms with E-state index in [0.29, 0.717) is 27.1 Å². The van der Waals surface area contributed by atoms with E-state index < -0.39 is 4.92 Å². The maximum atomic E-state index is 11.2. The van der Waals surface area contributed by atoms with E-state index in [-0.39, 0.29) is 5.69 Å². The molecule has 6 heteroatoms. The zero-order valence-corrected chi connectivity index (χ0v) is 10.3. The third-order valence-electron chi connectivity index (χ3n) is 2.83. The molecule has 94 valence electrons. The molecule has 3 rings (SSSR count). The van der Waals surface area contributed by atoms with E-state index in [4.69, 9.17) is 16.0 Å². The van der Waals surface area contributed by atoms with Gasteiger partial charge in [0.2, 0.25) is 0 Å². The van der Waals surface area contributed by atoms with E-state index in [1.165, 1.54) is 12.3 Å². The summed E-state index contributed by atoms with van der Waals surface area (Å²) in [5.74, 6) is 0.418. The van der Waals surface area contributed by atoms with Gasteiger partial charge in [0.05, 0.1) is 16.2 Å². The number of hydrogen-bond donors (Lipinski definition) is 0. The number of pyridine rings is 1. The van der Waals surface area contributed by atoms with Gasteiger partial charge in [0.15, 0.2) is 0 Å². The summed E-state index contributed by atoms with van der Waals surface area (Å²) in [4.78, 5) is 14.7. The van der Waals surface area contributed by atoms with Gasteiger partial charge < -0.3 is 4.42 Å². The molecule has 0 aliphatic heterocycles. The lowest BCUT2D eigenvalue weighted by Gasteiger charge is -2.06. The fourth-order valence-corrected chi connectivity index (χ4v) is 2.30. The van der Waals surface area contributed by atoms with E-state index in [9.17, 15) is 10.1 Å². The Balaban J connectivity index is 2.48. The van der Waals surface area contributed by atoms with Crippen LogP contribution in [0.5, 0.6) is 0 Å². The topological polar surface area (TPSA) is 69.2 Å². The minimum absolute atomic E-state index is 0.0968. The van der Waals surface area contributed by atoms with Crippen LogP contribution in [0.1, 0.15) is 0 Å². The Morgan fingerprint density at radius 1 is 1.32 bits per heavy atom. The second kappa shape index (κ2) is 4.37. The lowest BCUT2D eigenvalue weighted by atomic mass is 10.0. The molecular formula is C13H7ClN2O3. The zero-order chi connectivity index (χ0) is 13.4. The van der Waals surface area contributed by atoms with E-state index in [1.54, 1.807) is 30.6 Å². The largest absolute Gasteiger partial charge is 0.464 e. The number of halogens is 1. The van der Waals surface area contributed by atoms with Crippen molar-refractivity contribution in [2.75, 3.05) is 0 Å². The molecule has 0 saturated carbocycles. The lowest BCUT2D eigenvalue weighted by molar-refractivity contribution is -0.384. The van der Waals surface area contributed by atoms with Crippen LogP contribution in [0, 0.1) is 10.1 Å². The third kappa shape index (κ3) is 1.84. The van der Waals surface area contributed by atoms with Gasteiger partial charge >= 0.3 is 0 Å². The first-order valence-corrected chi connectivity index (χ1v) is 5.81. The normalized spacial score (nSPS) is 10.8. The predicted molar refractivity (Wildman–Crippen MR) is 71.1 cm³/mol. The summed E-state index contributed by atoms with van der Waals surface area (Å²) in [6, 6.07) is 6.40. The van der Waals surface area contributed by atoms with Crippen LogP contribution in [0.3, 0.4) is 0 Å². The van der Waals surface area contributed by atoms with Crippen molar-refractivity contribution in [3.63, 3.8) is 0 Å². The van der Waals surface area contributed by atoms with Crippen LogP contribution >= 0.6 is 11.6 Å². The van der Waals surface area contributed by atoms with Crippen molar-refractivity contribution in [1.82, 2.24) is 4.98 Å². The van der Waals surface area contributed by atoms with Crippen LogP contribution < -0.4 is 0 Å². The molecule has 0 unspecified atom stereocenters. The molecule has 2 heterocycles. The summed E-state index contributed by atoms with van der Waals surface area (Å²) in [5.41, 5.74) is 0.294. The van der Waals surface area contributed by atoms with Crippen molar-refractivity contribution in [2.24, 2.45) is 0 Å². The highest BCUT2D eigenvalue weighted by atomic mass is 35.5. The number of nitro groups is 1. The van der Waals surface area contributed by atoms with Gasteiger partial charge in [-0.05, 0) is 18.2 Å². The van der Waals surface area contributed by atoms with E-state index in [2.05, 4.69) is 4.98 Å². The maximum Gasteiger partial charge on any atom is 0.282 e. The number of aromatic nitrogens is 1. The molecular weight excluding hydrogens is 268 g/mol. The molecule has 0 spiro atoms. The summed E-state index contributed by atoms with van der Waals surface area (Å²) in [6.07, 6.45) is 4.61. The molecule has 0 amide bonds. The highest BCUT2D eigenvalue weighted by molar-refractivity contribution is 6.36. The first-order valence-electron chi connectivity index (χ1n) is 5.43. The molecule has 0 aliphatic rings. The number of benzene rings is 1. The number of nitro benzene ring substituents is 1. The van der Waals surface area contributed by atoms with Gasteiger partial charge in [-0.15, -0.1) is 0 Å². The average Bonchev–Trinajstić information content (AvgIpc) is 2.92. The third-order valence-corrected chi connectivity index (χ3v) is 3.14. The summed E-state index contributed by atoms with van der Waals surface area (Å²) >= 11 is 6.08. The van der Waals surface area contributed by atoms with Crippen molar-refractivity contribution in [2.45, 2.75) is 0 Å². The van der Waals surface area contributed by atoms with Crippen molar-refractivity contribution in [1.29, 1.82) is 0 Å². The summed E-state index contributed by atoms with van der Waals surface area (Å²) in [5, 5.41) is 12.8. The summed E-state index contributed by atoms with van der Waals surface area (Å²) in [6.45, 7) is 0. The Kier molecular flexibility index (Phi) is 2.68. The highest BCUT2D eigenvalue weighted by Gasteiger charge is 2.22. The molecule has 5 nitrogen and oxygen atoms in total. The van der Waals surface area contributed by atoms with Gasteiger partial charge in [-0.3, -0.25) is 15.1 Å². The van der Waals surface area contributed by atoms with Crippen LogP contribution in [-0.4, -0.2) is 9.91 Å². The van der Waals surface area contributed by atoms with Crippen molar-refractivity contribution >= 4 is 28.1 Å². The average molecular weight is 275 g/mol. The fourth-order valence-electron chi connectivity index (χ4n) is 2.03. The van der Waals surface area contributed by atoms with Crippen molar-refractivity contribution < 1.29 is 9.34 Å². The Labute approximate surface area is 112 Å². The van der Waals surface area contributed by atoms with Crippen LogP contribution in [0.2, 0.25) is 5.02 Å². The minimum atomic E-state index is -0.476. The molecule has 3 aromatic rings. The van der Waals surface area contributed by atoms with Gasteiger partial charge in [0.1, 0.15) is 11.3 Å². The molecule has 1 aromatic carbocycles. The first-order chi connectivity index (χ1) is 9.18. The number of hydrogen-bond acceptors (Lipinski definition) is 4. The second-order valence-corrected chi connectivity index (χ2v) is 4.32. The number of nitrogens with zero attached hydrogens (tertiary/aromatic N) is 2. The summed E-state index contributed by atoms with van der Waals surface area (Å²) in [7, 11) is 0. The van der Waals surface area contributed by atoms with E-state index in [0.717, 1.165) is 0 Å². The number of furan rings is 1. The Morgan fingerprint density at radius 3 is 2.84 bits per heavy atom. The van der Waals surface area contributed by atoms with Gasteiger partial charge in [0, 0.05) is 29.2 Å². The molecule has 0 aliphatic carbocycles.